The van der Waals surface area contributed by atoms with Crippen LogP contribution >= 0.6 is 11.8 Å². The van der Waals surface area contributed by atoms with E-state index in [0.717, 1.165) is 5.69 Å². The molecule has 14 heavy (non-hydrogen) atoms. The predicted octanol–water partition coefficient (Wildman–Crippen LogP) is 0.215. The molecule has 0 bridgehead atoms. The summed E-state index contributed by atoms with van der Waals surface area (Å²) in [7, 11) is 1.82. The van der Waals surface area contributed by atoms with E-state index in [1.807, 2.05) is 18.8 Å². The topological polar surface area (TPSA) is 68.8 Å². The molecule has 0 aliphatic carbocycles. The number of aryl methyl sites for hydroxylation is 1. The fourth-order valence-corrected chi connectivity index (χ4v) is 3.13. The zero-order chi connectivity index (χ0) is 9.97. The highest BCUT2D eigenvalue weighted by molar-refractivity contribution is 8.00. The molecule has 0 aromatic carbocycles. The van der Waals surface area contributed by atoms with Crippen molar-refractivity contribution in [1.29, 1.82) is 0 Å². The quantitative estimate of drug-likeness (QED) is 0.555. The molecule has 1 aromatic heterocycles. The number of nitrogens with two attached hydrogens (primary N) is 1. The van der Waals surface area contributed by atoms with Gasteiger partial charge < -0.3 is 0 Å². The summed E-state index contributed by atoms with van der Waals surface area (Å²) in [6.45, 7) is 0. The summed E-state index contributed by atoms with van der Waals surface area (Å²) in [6, 6.07) is 0.135. The van der Waals surface area contributed by atoms with Crippen molar-refractivity contribution in [3.8, 4) is 0 Å². The largest absolute Gasteiger partial charge is 0.271 e. The summed E-state index contributed by atoms with van der Waals surface area (Å²) >= 11 is 1.96. The van der Waals surface area contributed by atoms with Crippen molar-refractivity contribution in [3.63, 3.8) is 0 Å². The van der Waals surface area contributed by atoms with Gasteiger partial charge in [-0.2, -0.15) is 26.8 Å². The Hall–Kier alpha value is -0.590. The molecule has 1 aliphatic heterocycles. The van der Waals surface area contributed by atoms with Crippen LogP contribution in [0.25, 0.3) is 0 Å². The lowest BCUT2D eigenvalue weighted by Crippen LogP contribution is -2.34. The maximum Gasteiger partial charge on any atom is 0.102 e. The maximum absolute atomic E-state index is 5.55. The van der Waals surface area contributed by atoms with Gasteiger partial charge in [0.25, 0.3) is 0 Å². The van der Waals surface area contributed by atoms with Gasteiger partial charge in [-0.3, -0.25) is 11.3 Å². The van der Waals surface area contributed by atoms with Gasteiger partial charge in [0.1, 0.15) is 5.69 Å². The number of nitrogens with one attached hydrogen (secondary N) is 1. The van der Waals surface area contributed by atoms with Crippen LogP contribution in [0.5, 0.6) is 0 Å². The van der Waals surface area contributed by atoms with Crippen LogP contribution < -0.4 is 11.3 Å². The minimum Gasteiger partial charge on any atom is -0.271 e. The molecule has 3 N–H and O–H groups in total. The molecule has 5 nitrogen and oxygen atoms in total. The summed E-state index contributed by atoms with van der Waals surface area (Å²) < 4.78 is 0. The average molecular weight is 213 g/mol. The third-order valence-corrected chi connectivity index (χ3v) is 3.91. The predicted molar refractivity (Wildman–Crippen MR) is 56.5 cm³/mol. The number of thioether (sulfide) groups is 1. The third kappa shape index (κ3) is 1.92. The van der Waals surface area contributed by atoms with Crippen molar-refractivity contribution in [2.75, 3.05) is 5.75 Å². The maximum atomic E-state index is 5.55. The minimum absolute atomic E-state index is 0.135. The van der Waals surface area contributed by atoms with E-state index in [4.69, 9.17) is 5.84 Å². The van der Waals surface area contributed by atoms with Crippen LogP contribution in [-0.2, 0) is 7.05 Å². The van der Waals surface area contributed by atoms with E-state index in [0.29, 0.717) is 5.25 Å². The van der Waals surface area contributed by atoms with Crippen molar-refractivity contribution in [2.45, 2.75) is 24.1 Å². The summed E-state index contributed by atoms with van der Waals surface area (Å²) in [4.78, 5) is 1.57. The molecular weight excluding hydrogens is 198 g/mol. The van der Waals surface area contributed by atoms with Gasteiger partial charge in [0.05, 0.1) is 12.2 Å². The van der Waals surface area contributed by atoms with E-state index >= 15 is 0 Å². The molecule has 2 rings (SSSR count). The SMILES string of the molecule is Cn1ncc(C(NN)C2CCCS2)n1. The van der Waals surface area contributed by atoms with Crippen LogP contribution in [-0.4, -0.2) is 26.0 Å². The summed E-state index contributed by atoms with van der Waals surface area (Å²) in [5, 5.41) is 8.87. The van der Waals surface area contributed by atoms with Gasteiger partial charge in [0.2, 0.25) is 0 Å². The first-order valence-corrected chi connectivity index (χ1v) is 5.80. The Morgan fingerprint density at radius 3 is 3.14 bits per heavy atom. The Balaban J connectivity index is 2.12. The normalized spacial score (nSPS) is 24.0. The molecule has 0 saturated carbocycles. The van der Waals surface area contributed by atoms with Crippen LogP contribution in [0.4, 0.5) is 0 Å². The highest BCUT2D eigenvalue weighted by atomic mass is 32.2. The van der Waals surface area contributed by atoms with Crippen molar-refractivity contribution < 1.29 is 0 Å². The Kier molecular flexibility index (Phi) is 3.05. The molecule has 0 spiro atoms. The second-order valence-electron chi connectivity index (χ2n) is 3.45. The molecule has 1 aliphatic rings. The molecule has 6 heteroatoms. The van der Waals surface area contributed by atoms with E-state index in [9.17, 15) is 0 Å². The Morgan fingerprint density at radius 1 is 1.79 bits per heavy atom. The second-order valence-corrected chi connectivity index (χ2v) is 4.80. The lowest BCUT2D eigenvalue weighted by molar-refractivity contribution is 0.500. The van der Waals surface area contributed by atoms with Gasteiger partial charge in [-0.25, -0.2) is 0 Å². The number of nitrogens with zero attached hydrogens (tertiary/aromatic N) is 3. The van der Waals surface area contributed by atoms with Gasteiger partial charge in [-0.1, -0.05) is 0 Å². The first-order valence-electron chi connectivity index (χ1n) is 4.75. The fraction of sp³-hybridized carbons (Fsp3) is 0.750. The highest BCUT2D eigenvalue weighted by Gasteiger charge is 2.27. The molecule has 0 radical (unpaired) electrons. The van der Waals surface area contributed by atoms with Crippen LogP contribution in [0, 0.1) is 0 Å². The third-order valence-electron chi connectivity index (χ3n) is 2.45. The van der Waals surface area contributed by atoms with Crippen molar-refractivity contribution in [2.24, 2.45) is 12.9 Å². The smallest absolute Gasteiger partial charge is 0.102 e. The van der Waals surface area contributed by atoms with Gasteiger partial charge >= 0.3 is 0 Å². The van der Waals surface area contributed by atoms with Gasteiger partial charge in [-0.15, -0.1) is 0 Å². The standard InChI is InChI=1S/C8H15N5S/c1-13-10-5-6(12-13)8(11-9)7-3-2-4-14-7/h5,7-8,11H,2-4,9H2,1H3. The van der Waals surface area contributed by atoms with Crippen LogP contribution in [0.15, 0.2) is 6.20 Å². The summed E-state index contributed by atoms with van der Waals surface area (Å²) in [6.07, 6.45) is 4.26. The molecule has 1 saturated heterocycles. The monoisotopic (exact) mass is 213 g/mol. The van der Waals surface area contributed by atoms with Crippen molar-refractivity contribution in [1.82, 2.24) is 20.4 Å². The van der Waals surface area contributed by atoms with E-state index in [1.54, 1.807) is 11.0 Å². The van der Waals surface area contributed by atoms with Crippen molar-refractivity contribution in [3.05, 3.63) is 11.9 Å². The highest BCUT2D eigenvalue weighted by Crippen LogP contribution is 2.34. The lowest BCUT2D eigenvalue weighted by atomic mass is 10.1. The van der Waals surface area contributed by atoms with Crippen molar-refractivity contribution >= 4 is 11.8 Å². The van der Waals surface area contributed by atoms with Crippen LogP contribution in [0.3, 0.4) is 0 Å². The Labute approximate surface area is 87.4 Å². The number of aromatic nitrogens is 3. The van der Waals surface area contributed by atoms with Gasteiger partial charge in [-0.05, 0) is 18.6 Å². The molecule has 2 heterocycles. The fourth-order valence-electron chi connectivity index (χ4n) is 1.75. The molecule has 2 unspecified atom stereocenters. The first-order chi connectivity index (χ1) is 6.81. The van der Waals surface area contributed by atoms with Crippen LogP contribution in [0.1, 0.15) is 24.6 Å². The van der Waals surface area contributed by atoms with Gasteiger partial charge in [0, 0.05) is 12.3 Å². The van der Waals surface area contributed by atoms with E-state index in [1.165, 1.54) is 18.6 Å². The minimum atomic E-state index is 0.135. The zero-order valence-corrected chi connectivity index (χ0v) is 9.00. The van der Waals surface area contributed by atoms with E-state index < -0.39 is 0 Å². The molecule has 1 aromatic rings. The summed E-state index contributed by atoms with van der Waals surface area (Å²) in [5.74, 6) is 6.78. The number of hydrogen-bond donors (Lipinski definition) is 2. The first kappa shape index (κ1) is 9.95. The number of hydrazine groups is 1. The molecule has 78 valence electrons. The van der Waals surface area contributed by atoms with Gasteiger partial charge in [0.15, 0.2) is 0 Å². The average Bonchev–Trinajstić information content (AvgIpc) is 2.79. The zero-order valence-electron chi connectivity index (χ0n) is 8.18. The Bertz CT molecular complexity index is 294. The second kappa shape index (κ2) is 4.29. The molecule has 2 atom stereocenters. The van der Waals surface area contributed by atoms with E-state index in [-0.39, 0.29) is 6.04 Å². The van der Waals surface area contributed by atoms with E-state index in [2.05, 4.69) is 15.6 Å². The van der Waals surface area contributed by atoms with Crippen LogP contribution in [0.2, 0.25) is 0 Å². The molecule has 0 amide bonds. The number of hydrogen-bond acceptors (Lipinski definition) is 5. The lowest BCUT2D eigenvalue weighted by Gasteiger charge is -2.19. The molecule has 1 fully saturated rings. The summed E-state index contributed by atoms with van der Waals surface area (Å²) in [5.41, 5.74) is 3.78. The Morgan fingerprint density at radius 2 is 2.64 bits per heavy atom. The molecular formula is C8H15N5S. The number of rotatable bonds is 3.